The van der Waals surface area contributed by atoms with Crippen molar-refractivity contribution in [2.24, 2.45) is 7.05 Å². The summed E-state index contributed by atoms with van der Waals surface area (Å²) in [6, 6.07) is 8.35. The van der Waals surface area contributed by atoms with Gasteiger partial charge in [0.1, 0.15) is 6.10 Å². The minimum atomic E-state index is 0.0961. The van der Waals surface area contributed by atoms with E-state index < -0.39 is 0 Å². The number of fused-ring (bicyclic) bond motifs is 1. The van der Waals surface area contributed by atoms with E-state index in [4.69, 9.17) is 16.3 Å². The first-order valence-electron chi connectivity index (χ1n) is 8.55. The molecule has 0 aliphatic carbocycles. The van der Waals surface area contributed by atoms with Gasteiger partial charge in [-0.05, 0) is 36.6 Å². The maximum atomic E-state index is 6.28. The first-order valence-corrected chi connectivity index (χ1v) is 8.93. The molecule has 0 saturated carbocycles. The minimum absolute atomic E-state index is 0.0961. The number of benzene rings is 1. The quantitative estimate of drug-likeness (QED) is 0.775. The molecule has 1 aliphatic heterocycles. The molecule has 1 N–H and O–H groups in total. The Labute approximate surface area is 152 Å². The highest BCUT2D eigenvalue weighted by atomic mass is 35.5. The Kier molecular flexibility index (Phi) is 4.70. The van der Waals surface area contributed by atoms with E-state index in [9.17, 15) is 0 Å². The van der Waals surface area contributed by atoms with E-state index in [0.717, 1.165) is 47.6 Å². The zero-order chi connectivity index (χ0) is 17.2. The zero-order valence-electron chi connectivity index (χ0n) is 14.2. The van der Waals surface area contributed by atoms with Gasteiger partial charge in [-0.1, -0.05) is 17.7 Å². The molecule has 0 spiro atoms. The predicted octanol–water partition coefficient (Wildman–Crippen LogP) is 3.63. The number of aromatic nitrogens is 3. The molecule has 3 aromatic rings. The van der Waals surface area contributed by atoms with Crippen molar-refractivity contribution in [3.05, 3.63) is 59.3 Å². The first kappa shape index (κ1) is 16.5. The molecule has 2 atom stereocenters. The average molecular weight is 357 g/mol. The van der Waals surface area contributed by atoms with E-state index in [1.807, 2.05) is 48.5 Å². The largest absolute Gasteiger partial charge is 0.372 e. The molecule has 25 heavy (non-hydrogen) atoms. The Morgan fingerprint density at radius 2 is 2.28 bits per heavy atom. The van der Waals surface area contributed by atoms with Gasteiger partial charge in [0, 0.05) is 42.8 Å². The van der Waals surface area contributed by atoms with Crippen molar-refractivity contribution < 1.29 is 4.74 Å². The molecule has 5 nitrogen and oxygen atoms in total. The molecule has 0 bridgehead atoms. The number of hydrogen-bond acceptors (Lipinski definition) is 4. The number of rotatable bonds is 4. The summed E-state index contributed by atoms with van der Waals surface area (Å²) in [6.45, 7) is 1.53. The molecule has 2 aromatic heterocycles. The summed E-state index contributed by atoms with van der Waals surface area (Å²) in [5.41, 5.74) is 3.27. The summed E-state index contributed by atoms with van der Waals surface area (Å²) >= 11 is 6.28. The minimum Gasteiger partial charge on any atom is -0.372 e. The van der Waals surface area contributed by atoms with Crippen LogP contribution in [0, 0.1) is 0 Å². The number of ether oxygens (including phenoxy) is 1. The number of hydrogen-bond donors (Lipinski definition) is 1. The van der Waals surface area contributed by atoms with Gasteiger partial charge in [0.15, 0.2) is 0 Å². The maximum Gasteiger partial charge on any atom is 0.100 e. The van der Waals surface area contributed by atoms with Crippen LogP contribution in [0.2, 0.25) is 5.02 Å². The monoisotopic (exact) mass is 356 g/mol. The Balaban J connectivity index is 1.47. The van der Waals surface area contributed by atoms with Gasteiger partial charge in [-0.25, -0.2) is 4.98 Å². The van der Waals surface area contributed by atoms with Crippen molar-refractivity contribution in [1.29, 1.82) is 0 Å². The number of nitrogens with zero attached hydrogens (tertiary/aromatic N) is 3. The molecule has 1 aliphatic rings. The maximum absolute atomic E-state index is 6.28. The van der Waals surface area contributed by atoms with Crippen molar-refractivity contribution in [1.82, 2.24) is 19.9 Å². The fourth-order valence-corrected chi connectivity index (χ4v) is 3.67. The topological polar surface area (TPSA) is 52.0 Å². The van der Waals surface area contributed by atoms with E-state index in [-0.39, 0.29) is 6.10 Å². The third kappa shape index (κ3) is 3.40. The van der Waals surface area contributed by atoms with Gasteiger partial charge in [-0.2, -0.15) is 0 Å². The number of aryl methyl sites for hydroxylation is 1. The van der Waals surface area contributed by atoms with Gasteiger partial charge in [0.25, 0.3) is 0 Å². The van der Waals surface area contributed by atoms with Crippen molar-refractivity contribution in [3.8, 4) is 0 Å². The molecular formula is C19H21ClN4O. The lowest BCUT2D eigenvalue weighted by Gasteiger charge is -2.30. The van der Waals surface area contributed by atoms with Crippen LogP contribution in [0.15, 0.2) is 43.0 Å². The SMILES string of the molecule is Cn1cncc1[C@H]1C[C@@H](NCc2ccc(Cl)c3cccnc23)CCO1. The second-order valence-electron chi connectivity index (χ2n) is 6.50. The van der Waals surface area contributed by atoms with Crippen molar-refractivity contribution in [2.75, 3.05) is 6.61 Å². The smallest absolute Gasteiger partial charge is 0.100 e. The van der Waals surface area contributed by atoms with Gasteiger partial charge in [-0.3, -0.25) is 4.98 Å². The fourth-order valence-electron chi connectivity index (χ4n) is 3.46. The van der Waals surface area contributed by atoms with Gasteiger partial charge in [0.2, 0.25) is 0 Å². The normalized spacial score (nSPS) is 20.9. The van der Waals surface area contributed by atoms with Crippen LogP contribution in [0.4, 0.5) is 0 Å². The third-order valence-electron chi connectivity index (χ3n) is 4.85. The van der Waals surface area contributed by atoms with E-state index >= 15 is 0 Å². The summed E-state index contributed by atoms with van der Waals surface area (Å²) in [5.74, 6) is 0. The summed E-state index contributed by atoms with van der Waals surface area (Å²) < 4.78 is 7.97. The van der Waals surface area contributed by atoms with Crippen molar-refractivity contribution in [3.63, 3.8) is 0 Å². The van der Waals surface area contributed by atoms with E-state index in [0.29, 0.717) is 6.04 Å². The van der Waals surface area contributed by atoms with Crippen LogP contribution >= 0.6 is 11.6 Å². The van der Waals surface area contributed by atoms with Crippen molar-refractivity contribution >= 4 is 22.5 Å². The number of halogens is 1. The number of imidazole rings is 1. The molecule has 3 heterocycles. The van der Waals surface area contributed by atoms with Gasteiger partial charge >= 0.3 is 0 Å². The van der Waals surface area contributed by atoms with Gasteiger partial charge in [-0.15, -0.1) is 0 Å². The highest BCUT2D eigenvalue weighted by Crippen LogP contribution is 2.29. The van der Waals surface area contributed by atoms with Crippen LogP contribution in [0.25, 0.3) is 10.9 Å². The molecule has 0 radical (unpaired) electrons. The van der Waals surface area contributed by atoms with E-state index in [1.54, 1.807) is 0 Å². The lowest BCUT2D eigenvalue weighted by atomic mass is 10.0. The Hall–Kier alpha value is -1.95. The van der Waals surface area contributed by atoms with Crippen LogP contribution in [-0.2, 0) is 18.3 Å². The summed E-state index contributed by atoms with van der Waals surface area (Å²) in [7, 11) is 2.01. The summed E-state index contributed by atoms with van der Waals surface area (Å²) in [6.07, 6.45) is 7.57. The third-order valence-corrected chi connectivity index (χ3v) is 5.18. The Morgan fingerprint density at radius 1 is 1.36 bits per heavy atom. The summed E-state index contributed by atoms with van der Waals surface area (Å²) in [4.78, 5) is 8.71. The molecule has 4 rings (SSSR count). The second kappa shape index (κ2) is 7.12. The zero-order valence-corrected chi connectivity index (χ0v) is 14.9. The number of nitrogens with one attached hydrogen (secondary N) is 1. The van der Waals surface area contributed by atoms with Crippen LogP contribution in [-0.4, -0.2) is 27.2 Å². The molecule has 0 unspecified atom stereocenters. The molecule has 0 amide bonds. The molecular weight excluding hydrogens is 336 g/mol. The second-order valence-corrected chi connectivity index (χ2v) is 6.90. The summed E-state index contributed by atoms with van der Waals surface area (Å²) in [5, 5.41) is 5.42. The highest BCUT2D eigenvalue weighted by Gasteiger charge is 2.25. The molecule has 1 aromatic carbocycles. The highest BCUT2D eigenvalue weighted by molar-refractivity contribution is 6.35. The van der Waals surface area contributed by atoms with Crippen molar-refractivity contribution in [2.45, 2.75) is 31.5 Å². The van der Waals surface area contributed by atoms with Gasteiger partial charge in [0.05, 0.1) is 23.7 Å². The predicted molar refractivity (Wildman–Crippen MR) is 98.5 cm³/mol. The Morgan fingerprint density at radius 3 is 3.12 bits per heavy atom. The molecule has 6 heteroatoms. The van der Waals surface area contributed by atoms with Crippen LogP contribution < -0.4 is 5.32 Å². The molecule has 1 saturated heterocycles. The molecule has 1 fully saturated rings. The lowest BCUT2D eigenvalue weighted by Crippen LogP contribution is -2.36. The van der Waals surface area contributed by atoms with E-state index in [1.165, 1.54) is 5.56 Å². The van der Waals surface area contributed by atoms with Gasteiger partial charge < -0.3 is 14.6 Å². The molecule has 130 valence electrons. The Bertz CT molecular complexity index is 879. The lowest BCUT2D eigenvalue weighted by molar-refractivity contribution is -0.00402. The fraction of sp³-hybridized carbons (Fsp3) is 0.368. The van der Waals surface area contributed by atoms with E-state index in [2.05, 4.69) is 21.4 Å². The average Bonchev–Trinajstić information content (AvgIpc) is 3.08. The van der Waals surface area contributed by atoms with Crippen LogP contribution in [0.1, 0.15) is 30.2 Å². The van der Waals surface area contributed by atoms with Crippen LogP contribution in [0.3, 0.4) is 0 Å². The van der Waals surface area contributed by atoms with Crippen LogP contribution in [0.5, 0.6) is 0 Å². The standard InChI is InChI=1S/C19H21ClN4O/c1-24-12-21-11-17(24)18-9-14(6-8-25-18)23-10-13-4-5-16(20)15-3-2-7-22-19(13)15/h2-5,7,11-12,14,18,23H,6,8-10H2,1H3/t14-,18+/m0/s1. The first-order chi connectivity index (χ1) is 12.2. The number of pyridine rings is 1.